The van der Waals surface area contributed by atoms with Gasteiger partial charge < -0.3 is 4.57 Å². The first-order chi connectivity index (χ1) is 9.63. The maximum atomic E-state index is 4.62. The Balaban J connectivity index is 2.02. The van der Waals surface area contributed by atoms with Gasteiger partial charge in [0.15, 0.2) is 0 Å². The number of aliphatic imine (C=N–C) groups is 1. The highest BCUT2D eigenvalue weighted by Gasteiger charge is 2.03. The van der Waals surface area contributed by atoms with Crippen molar-refractivity contribution >= 4 is 22.8 Å². The van der Waals surface area contributed by atoms with Crippen LogP contribution in [0.4, 0.5) is 5.69 Å². The van der Waals surface area contributed by atoms with Crippen molar-refractivity contribution in [1.82, 2.24) is 4.57 Å². The minimum atomic E-state index is 1.01. The van der Waals surface area contributed by atoms with Gasteiger partial charge in [0.2, 0.25) is 0 Å². The molecule has 3 aromatic rings. The Labute approximate surface area is 119 Å². The van der Waals surface area contributed by atoms with Gasteiger partial charge in [0.05, 0.1) is 5.69 Å². The fraction of sp³-hybridized carbons (Fsp3) is 0.167. The van der Waals surface area contributed by atoms with Crippen molar-refractivity contribution in [2.24, 2.45) is 12.0 Å². The summed E-state index contributed by atoms with van der Waals surface area (Å²) < 4.78 is 2.14. The molecule has 1 heterocycles. The van der Waals surface area contributed by atoms with Crippen molar-refractivity contribution in [2.45, 2.75) is 13.8 Å². The minimum Gasteiger partial charge on any atom is -0.350 e. The van der Waals surface area contributed by atoms with E-state index in [0.29, 0.717) is 0 Å². The second-order valence-corrected chi connectivity index (χ2v) is 5.32. The summed E-state index contributed by atoms with van der Waals surface area (Å²) in [6.07, 6.45) is 4.08. The number of fused-ring (bicyclic) bond motifs is 1. The van der Waals surface area contributed by atoms with Crippen LogP contribution in [0, 0.1) is 13.8 Å². The van der Waals surface area contributed by atoms with Crippen LogP contribution in [0.3, 0.4) is 0 Å². The summed E-state index contributed by atoms with van der Waals surface area (Å²) in [7, 11) is 2.07. The predicted octanol–water partition coefficient (Wildman–Crippen LogP) is 4.55. The average molecular weight is 262 g/mol. The maximum Gasteiger partial charge on any atom is 0.0635 e. The van der Waals surface area contributed by atoms with Gasteiger partial charge in [-0.15, -0.1) is 0 Å². The Bertz CT molecular complexity index is 774. The fourth-order valence-electron chi connectivity index (χ4n) is 2.65. The molecule has 0 saturated heterocycles. The highest BCUT2D eigenvalue weighted by atomic mass is 14.9. The molecule has 2 heteroatoms. The van der Waals surface area contributed by atoms with Gasteiger partial charge in [-0.3, -0.25) is 4.99 Å². The number of benzene rings is 2. The first kappa shape index (κ1) is 12.7. The summed E-state index contributed by atoms with van der Waals surface area (Å²) in [6.45, 7) is 4.20. The van der Waals surface area contributed by atoms with E-state index in [0.717, 1.165) is 11.3 Å². The van der Waals surface area contributed by atoms with E-state index >= 15 is 0 Å². The van der Waals surface area contributed by atoms with Crippen LogP contribution in [0.1, 0.15) is 16.7 Å². The molecule has 0 radical (unpaired) electrons. The van der Waals surface area contributed by atoms with Crippen LogP contribution >= 0.6 is 0 Å². The molecule has 20 heavy (non-hydrogen) atoms. The van der Waals surface area contributed by atoms with Gasteiger partial charge in [0, 0.05) is 35.9 Å². The molecule has 0 aliphatic carbocycles. The number of rotatable bonds is 2. The molecule has 0 bridgehead atoms. The zero-order chi connectivity index (χ0) is 14.1. The lowest BCUT2D eigenvalue weighted by molar-refractivity contribution is 0.968. The molecule has 0 spiro atoms. The number of para-hydroxylation sites is 1. The molecular formula is C18H18N2. The highest BCUT2D eigenvalue weighted by molar-refractivity contribution is 6.00. The molecule has 0 unspecified atom stereocenters. The molecule has 0 amide bonds. The van der Waals surface area contributed by atoms with Crippen LogP contribution in [0.25, 0.3) is 10.9 Å². The van der Waals surface area contributed by atoms with Crippen LogP contribution in [0.2, 0.25) is 0 Å². The van der Waals surface area contributed by atoms with E-state index in [1.54, 1.807) is 0 Å². The Morgan fingerprint density at radius 2 is 1.70 bits per heavy atom. The third-order valence-electron chi connectivity index (χ3n) is 3.49. The molecule has 2 nitrogen and oxygen atoms in total. The monoisotopic (exact) mass is 262 g/mol. The van der Waals surface area contributed by atoms with Gasteiger partial charge in [-0.25, -0.2) is 0 Å². The smallest absolute Gasteiger partial charge is 0.0635 e. The number of hydrogen-bond donors (Lipinski definition) is 0. The van der Waals surface area contributed by atoms with Crippen molar-refractivity contribution < 1.29 is 0 Å². The van der Waals surface area contributed by atoms with E-state index < -0.39 is 0 Å². The van der Waals surface area contributed by atoms with Crippen molar-refractivity contribution in [1.29, 1.82) is 0 Å². The van der Waals surface area contributed by atoms with Crippen molar-refractivity contribution in [3.8, 4) is 0 Å². The SMILES string of the molecule is Cc1cc(C)cc(N=Cc2cn(C)c3ccccc23)c1. The number of aromatic nitrogens is 1. The third-order valence-corrected chi connectivity index (χ3v) is 3.49. The zero-order valence-corrected chi connectivity index (χ0v) is 12.1. The van der Waals surface area contributed by atoms with E-state index in [-0.39, 0.29) is 0 Å². The first-order valence-electron chi connectivity index (χ1n) is 6.80. The Morgan fingerprint density at radius 1 is 1.00 bits per heavy atom. The van der Waals surface area contributed by atoms with Gasteiger partial charge in [-0.2, -0.15) is 0 Å². The highest BCUT2D eigenvalue weighted by Crippen LogP contribution is 2.21. The van der Waals surface area contributed by atoms with Crippen molar-refractivity contribution in [3.05, 3.63) is 65.4 Å². The summed E-state index contributed by atoms with van der Waals surface area (Å²) in [5.74, 6) is 0. The lowest BCUT2D eigenvalue weighted by Crippen LogP contribution is -1.82. The second-order valence-electron chi connectivity index (χ2n) is 5.32. The Kier molecular flexibility index (Phi) is 3.15. The van der Waals surface area contributed by atoms with E-state index in [1.807, 2.05) is 6.21 Å². The summed E-state index contributed by atoms with van der Waals surface area (Å²) in [6, 6.07) is 14.8. The Hall–Kier alpha value is -2.35. The molecule has 0 saturated carbocycles. The molecule has 0 fully saturated rings. The molecular weight excluding hydrogens is 244 g/mol. The fourth-order valence-corrected chi connectivity index (χ4v) is 2.65. The van der Waals surface area contributed by atoms with E-state index in [4.69, 9.17) is 0 Å². The topological polar surface area (TPSA) is 17.3 Å². The van der Waals surface area contributed by atoms with E-state index in [1.165, 1.54) is 22.0 Å². The van der Waals surface area contributed by atoms with Crippen LogP contribution in [-0.2, 0) is 7.05 Å². The molecule has 0 aliphatic heterocycles. The minimum absolute atomic E-state index is 1.01. The Morgan fingerprint density at radius 3 is 2.45 bits per heavy atom. The quantitative estimate of drug-likeness (QED) is 0.603. The lowest BCUT2D eigenvalue weighted by atomic mass is 10.1. The van der Waals surface area contributed by atoms with Crippen LogP contribution in [0.15, 0.2) is 53.7 Å². The molecule has 0 aliphatic rings. The standard InChI is InChI=1S/C18H18N2/c1-13-8-14(2)10-16(9-13)19-11-15-12-20(3)18-7-5-4-6-17(15)18/h4-12H,1-3H3. The van der Waals surface area contributed by atoms with Gasteiger partial charge in [0.25, 0.3) is 0 Å². The van der Waals surface area contributed by atoms with Gasteiger partial charge in [-0.05, 0) is 43.2 Å². The third kappa shape index (κ3) is 2.37. The molecule has 100 valence electrons. The summed E-state index contributed by atoms with van der Waals surface area (Å²) >= 11 is 0. The van der Waals surface area contributed by atoms with Crippen LogP contribution in [-0.4, -0.2) is 10.8 Å². The second kappa shape index (κ2) is 4.97. The molecule has 0 atom stereocenters. The van der Waals surface area contributed by atoms with Crippen molar-refractivity contribution in [3.63, 3.8) is 0 Å². The summed E-state index contributed by atoms with van der Waals surface area (Å²) in [5, 5.41) is 1.24. The summed E-state index contributed by atoms with van der Waals surface area (Å²) in [5.41, 5.74) is 5.89. The van der Waals surface area contributed by atoms with Gasteiger partial charge >= 0.3 is 0 Å². The first-order valence-corrected chi connectivity index (χ1v) is 6.80. The van der Waals surface area contributed by atoms with Crippen molar-refractivity contribution in [2.75, 3.05) is 0 Å². The zero-order valence-electron chi connectivity index (χ0n) is 12.1. The number of hydrogen-bond acceptors (Lipinski definition) is 1. The molecule has 0 N–H and O–H groups in total. The van der Waals surface area contributed by atoms with E-state index in [2.05, 4.69) is 79.1 Å². The van der Waals surface area contributed by atoms with E-state index in [9.17, 15) is 0 Å². The van der Waals surface area contributed by atoms with Gasteiger partial charge in [0.1, 0.15) is 0 Å². The molecule has 2 aromatic carbocycles. The predicted molar refractivity (Wildman–Crippen MR) is 86.1 cm³/mol. The molecule has 1 aromatic heterocycles. The normalized spacial score (nSPS) is 11.6. The average Bonchev–Trinajstić information content (AvgIpc) is 2.73. The lowest BCUT2D eigenvalue weighted by Gasteiger charge is -1.99. The molecule has 3 rings (SSSR count). The van der Waals surface area contributed by atoms with Gasteiger partial charge in [-0.1, -0.05) is 24.3 Å². The van der Waals surface area contributed by atoms with Crippen LogP contribution in [0.5, 0.6) is 0 Å². The van der Waals surface area contributed by atoms with Crippen LogP contribution < -0.4 is 0 Å². The maximum absolute atomic E-state index is 4.62. The number of aryl methyl sites for hydroxylation is 3. The number of nitrogens with zero attached hydrogens (tertiary/aromatic N) is 2. The summed E-state index contributed by atoms with van der Waals surface area (Å²) in [4.78, 5) is 4.62. The largest absolute Gasteiger partial charge is 0.350 e.